The van der Waals surface area contributed by atoms with Crippen LogP contribution >= 0.6 is 11.8 Å². The molecule has 0 saturated carbocycles. The van der Waals surface area contributed by atoms with Crippen molar-refractivity contribution in [3.63, 3.8) is 0 Å². The van der Waals surface area contributed by atoms with Gasteiger partial charge in [-0.15, -0.1) is 0 Å². The van der Waals surface area contributed by atoms with Crippen LogP contribution in [-0.4, -0.2) is 35.0 Å². The summed E-state index contributed by atoms with van der Waals surface area (Å²) in [6.45, 7) is 4.86. The van der Waals surface area contributed by atoms with Crippen molar-refractivity contribution in [1.82, 2.24) is 5.32 Å². The molecule has 0 unspecified atom stereocenters. The summed E-state index contributed by atoms with van der Waals surface area (Å²) in [6, 6.07) is 7.57. The normalized spacial score (nSPS) is 13.0. The van der Waals surface area contributed by atoms with Gasteiger partial charge in [0.1, 0.15) is 18.2 Å². The Bertz CT molecular complexity index is 588. The van der Waals surface area contributed by atoms with Gasteiger partial charge < -0.3 is 14.8 Å². The number of esters is 1. The zero-order valence-electron chi connectivity index (χ0n) is 14.8. The van der Waals surface area contributed by atoms with Crippen LogP contribution in [0.4, 0.5) is 18.0 Å². The third-order valence-corrected chi connectivity index (χ3v) is 3.64. The molecule has 0 spiro atoms. The second-order valence-electron chi connectivity index (χ2n) is 6.38. The average Bonchev–Trinajstić information content (AvgIpc) is 2.49. The first-order valence-electron chi connectivity index (χ1n) is 7.87. The van der Waals surface area contributed by atoms with E-state index in [2.05, 4.69) is 5.32 Å². The van der Waals surface area contributed by atoms with Crippen LogP contribution in [-0.2, 0) is 20.9 Å². The number of hydrogen-bond acceptors (Lipinski definition) is 5. The van der Waals surface area contributed by atoms with E-state index in [1.54, 1.807) is 51.1 Å². The van der Waals surface area contributed by atoms with Crippen LogP contribution in [0.25, 0.3) is 0 Å². The van der Waals surface area contributed by atoms with Gasteiger partial charge in [0, 0.05) is 5.75 Å². The lowest BCUT2D eigenvalue weighted by Gasteiger charge is -2.23. The van der Waals surface area contributed by atoms with E-state index >= 15 is 0 Å². The van der Waals surface area contributed by atoms with Gasteiger partial charge in [-0.05, 0) is 32.8 Å². The van der Waals surface area contributed by atoms with Gasteiger partial charge in [-0.1, -0.05) is 42.1 Å². The van der Waals surface area contributed by atoms with Gasteiger partial charge in [0.05, 0.1) is 0 Å². The third kappa shape index (κ3) is 10.2. The molecule has 1 atom stereocenters. The molecule has 0 fully saturated rings. The van der Waals surface area contributed by atoms with Gasteiger partial charge in [-0.25, -0.2) is 9.59 Å². The molecule has 1 aromatic carbocycles. The Morgan fingerprint density at radius 3 is 2.31 bits per heavy atom. The highest BCUT2D eigenvalue weighted by molar-refractivity contribution is 8.00. The average molecular weight is 393 g/mol. The standard InChI is InChI=1S/C17H22F3NO4S/c1-16(2,3)25-15(23)21-13(9-10-26-17(18,19)20)14(22)24-11-12-7-5-4-6-8-12/h4-8,13H,9-11H2,1-3H3,(H,21,23)/t13-/m0/s1. The number of halogens is 3. The summed E-state index contributed by atoms with van der Waals surface area (Å²) in [5.41, 5.74) is -4.49. The third-order valence-electron chi connectivity index (χ3n) is 2.87. The molecule has 0 bridgehead atoms. The van der Waals surface area contributed by atoms with Crippen molar-refractivity contribution in [3.05, 3.63) is 35.9 Å². The molecule has 1 aromatic rings. The highest BCUT2D eigenvalue weighted by Crippen LogP contribution is 2.30. The Morgan fingerprint density at radius 1 is 1.15 bits per heavy atom. The fourth-order valence-electron chi connectivity index (χ4n) is 1.82. The zero-order chi connectivity index (χ0) is 19.8. The first kappa shape index (κ1) is 22.1. The van der Waals surface area contributed by atoms with Crippen LogP contribution < -0.4 is 5.32 Å². The lowest BCUT2D eigenvalue weighted by atomic mass is 10.2. The molecular weight excluding hydrogens is 371 g/mol. The molecule has 0 radical (unpaired) electrons. The van der Waals surface area contributed by atoms with E-state index in [4.69, 9.17) is 9.47 Å². The van der Waals surface area contributed by atoms with Crippen LogP contribution in [0.1, 0.15) is 32.8 Å². The molecule has 0 aliphatic heterocycles. The number of alkyl halides is 3. The summed E-state index contributed by atoms with van der Waals surface area (Å²) in [5, 5.41) is 2.28. The lowest BCUT2D eigenvalue weighted by molar-refractivity contribution is -0.147. The SMILES string of the molecule is CC(C)(C)OC(=O)N[C@@H](CCSC(F)(F)F)C(=O)OCc1ccccc1. The van der Waals surface area contributed by atoms with E-state index in [9.17, 15) is 22.8 Å². The fraction of sp³-hybridized carbons (Fsp3) is 0.529. The minimum Gasteiger partial charge on any atom is -0.459 e. The molecule has 0 aliphatic carbocycles. The molecule has 1 amide bonds. The topological polar surface area (TPSA) is 64.6 Å². The predicted molar refractivity (Wildman–Crippen MR) is 92.5 cm³/mol. The number of carbonyl (C=O) groups is 2. The maximum Gasteiger partial charge on any atom is 0.441 e. The molecule has 5 nitrogen and oxygen atoms in total. The van der Waals surface area contributed by atoms with Crippen LogP contribution in [0, 0.1) is 0 Å². The minimum atomic E-state index is -4.41. The molecule has 0 heterocycles. The molecule has 0 saturated heterocycles. The summed E-state index contributed by atoms with van der Waals surface area (Å²) >= 11 is -0.266. The Hall–Kier alpha value is -1.90. The van der Waals surface area contributed by atoms with Crippen molar-refractivity contribution in [1.29, 1.82) is 0 Å². The fourth-order valence-corrected chi connectivity index (χ4v) is 2.41. The maximum absolute atomic E-state index is 12.3. The zero-order valence-corrected chi connectivity index (χ0v) is 15.6. The van der Waals surface area contributed by atoms with Crippen molar-refractivity contribution in [2.24, 2.45) is 0 Å². The predicted octanol–water partition coefficient (Wildman–Crippen LogP) is 4.27. The number of rotatable bonds is 7. The second-order valence-corrected chi connectivity index (χ2v) is 7.53. The van der Waals surface area contributed by atoms with E-state index in [1.807, 2.05) is 0 Å². The Labute approximate surface area is 154 Å². The molecule has 0 aromatic heterocycles. The van der Waals surface area contributed by atoms with Gasteiger partial charge in [0.15, 0.2) is 0 Å². The molecule has 26 heavy (non-hydrogen) atoms. The van der Waals surface area contributed by atoms with Crippen LogP contribution in [0.3, 0.4) is 0 Å². The van der Waals surface area contributed by atoms with E-state index in [0.29, 0.717) is 0 Å². The monoisotopic (exact) mass is 393 g/mol. The molecule has 146 valence electrons. The number of benzene rings is 1. The summed E-state index contributed by atoms with van der Waals surface area (Å²) in [6.07, 6.45) is -1.13. The number of alkyl carbamates (subject to hydrolysis) is 1. The summed E-state index contributed by atoms with van der Waals surface area (Å²) in [7, 11) is 0. The highest BCUT2D eigenvalue weighted by Gasteiger charge is 2.31. The first-order valence-corrected chi connectivity index (χ1v) is 8.85. The number of nitrogens with one attached hydrogen (secondary N) is 1. The van der Waals surface area contributed by atoms with E-state index in [-0.39, 0.29) is 24.8 Å². The molecule has 9 heteroatoms. The van der Waals surface area contributed by atoms with Crippen molar-refractivity contribution >= 4 is 23.8 Å². The largest absolute Gasteiger partial charge is 0.459 e. The molecular formula is C17H22F3NO4S. The Kier molecular flexibility index (Phi) is 8.26. The van der Waals surface area contributed by atoms with Crippen LogP contribution in [0.5, 0.6) is 0 Å². The highest BCUT2D eigenvalue weighted by atomic mass is 32.2. The Morgan fingerprint density at radius 2 is 1.77 bits per heavy atom. The van der Waals surface area contributed by atoms with E-state index in [1.165, 1.54) is 0 Å². The van der Waals surface area contributed by atoms with Gasteiger partial charge >= 0.3 is 17.6 Å². The van der Waals surface area contributed by atoms with E-state index in [0.717, 1.165) is 5.56 Å². The number of carbonyl (C=O) groups excluding carboxylic acids is 2. The van der Waals surface area contributed by atoms with E-state index < -0.39 is 35.0 Å². The molecule has 0 aliphatic rings. The number of hydrogen-bond donors (Lipinski definition) is 1. The lowest BCUT2D eigenvalue weighted by Crippen LogP contribution is -2.44. The second kappa shape index (κ2) is 9.70. The van der Waals surface area contributed by atoms with Crippen molar-refractivity contribution in [2.45, 2.75) is 51.0 Å². The summed E-state index contributed by atoms with van der Waals surface area (Å²) in [4.78, 5) is 24.0. The van der Waals surface area contributed by atoms with Crippen molar-refractivity contribution in [3.8, 4) is 0 Å². The van der Waals surface area contributed by atoms with Crippen LogP contribution in [0.15, 0.2) is 30.3 Å². The first-order chi connectivity index (χ1) is 12.0. The number of thioether (sulfide) groups is 1. The van der Waals surface area contributed by atoms with Crippen LogP contribution in [0.2, 0.25) is 0 Å². The van der Waals surface area contributed by atoms with Crippen molar-refractivity contribution < 1.29 is 32.2 Å². The molecule has 1 N–H and O–H groups in total. The maximum atomic E-state index is 12.3. The van der Waals surface area contributed by atoms with Gasteiger partial charge in [0.25, 0.3) is 0 Å². The van der Waals surface area contributed by atoms with Gasteiger partial charge in [0.2, 0.25) is 0 Å². The van der Waals surface area contributed by atoms with Crippen molar-refractivity contribution in [2.75, 3.05) is 5.75 Å². The van der Waals surface area contributed by atoms with Gasteiger partial charge in [-0.2, -0.15) is 13.2 Å². The molecule has 1 rings (SSSR count). The summed E-state index contributed by atoms with van der Waals surface area (Å²) in [5.74, 6) is -1.22. The number of ether oxygens (including phenoxy) is 2. The smallest absolute Gasteiger partial charge is 0.441 e. The quantitative estimate of drug-likeness (QED) is 0.701. The number of amides is 1. The summed E-state index contributed by atoms with van der Waals surface area (Å²) < 4.78 is 47.0. The Balaban J connectivity index is 2.65. The minimum absolute atomic E-state index is 0.0431. The van der Waals surface area contributed by atoms with Gasteiger partial charge in [-0.3, -0.25) is 0 Å².